The molecule has 0 saturated carbocycles. The third-order valence-electron chi connectivity index (χ3n) is 3.64. The van der Waals surface area contributed by atoms with Crippen LogP contribution in [0.3, 0.4) is 0 Å². The Morgan fingerprint density at radius 3 is 2.76 bits per heavy atom. The molecule has 0 fully saturated rings. The fraction of sp³-hybridized carbons (Fsp3) is 0.625. The third kappa shape index (κ3) is 6.86. The average Bonchev–Trinajstić information content (AvgIpc) is 2.56. The number of rotatable bonds is 11. The van der Waals surface area contributed by atoms with E-state index in [0.717, 1.165) is 12.0 Å². The highest BCUT2D eigenvalue weighted by atomic mass is 32.2. The number of aromatic nitrogens is 1. The molecule has 0 unspecified atom stereocenters. The van der Waals surface area contributed by atoms with Crippen LogP contribution < -0.4 is 10.2 Å². The molecule has 0 aromatic carbocycles. The Morgan fingerprint density at radius 2 is 2.16 bits per heavy atom. The second kappa shape index (κ2) is 10.2. The van der Waals surface area contributed by atoms with E-state index < -0.39 is 16.4 Å². The number of ether oxygens (including phenoxy) is 1. The van der Waals surface area contributed by atoms with Gasteiger partial charge in [0.1, 0.15) is 17.7 Å². The number of methoxy groups -OCH3 is 1. The van der Waals surface area contributed by atoms with Crippen molar-refractivity contribution in [1.29, 1.82) is 5.26 Å². The Labute approximate surface area is 149 Å². The lowest BCUT2D eigenvalue weighted by molar-refractivity contribution is 0.198. The number of nitrogens with one attached hydrogen (secondary N) is 1. The smallest absolute Gasteiger partial charge is 0.154 e. The van der Waals surface area contributed by atoms with Gasteiger partial charge in [0, 0.05) is 33.9 Å². The summed E-state index contributed by atoms with van der Waals surface area (Å²) in [5.74, 6) is 0.698. The molecule has 0 radical (unpaired) electrons. The number of aryl methyl sites for hydroxylation is 1. The maximum atomic E-state index is 11.8. The first-order chi connectivity index (χ1) is 11.8. The lowest BCUT2D eigenvalue weighted by Gasteiger charge is -2.21. The summed E-state index contributed by atoms with van der Waals surface area (Å²) >= 11 is 0. The van der Waals surface area contributed by atoms with Crippen molar-refractivity contribution >= 4 is 21.5 Å². The molecule has 8 nitrogen and oxygen atoms in total. The van der Waals surface area contributed by atoms with Crippen molar-refractivity contribution in [3.05, 3.63) is 17.2 Å². The number of pyridine rings is 1. The maximum absolute atomic E-state index is 11.8. The molecule has 0 saturated heterocycles. The van der Waals surface area contributed by atoms with Crippen LogP contribution in [-0.2, 0) is 14.6 Å². The quantitative estimate of drug-likeness (QED) is 0.543. The predicted molar refractivity (Wildman–Crippen MR) is 97.7 cm³/mol. The highest BCUT2D eigenvalue weighted by Crippen LogP contribution is 2.23. The van der Waals surface area contributed by atoms with Gasteiger partial charge in [0.05, 0.1) is 23.7 Å². The fourth-order valence-corrected chi connectivity index (χ4v) is 3.25. The summed E-state index contributed by atoms with van der Waals surface area (Å²) < 4.78 is 28.5. The van der Waals surface area contributed by atoms with Gasteiger partial charge in [0.15, 0.2) is 9.84 Å². The molecule has 25 heavy (non-hydrogen) atoms. The topological polar surface area (TPSA) is 116 Å². The summed E-state index contributed by atoms with van der Waals surface area (Å²) in [6, 6.07) is 3.93. The van der Waals surface area contributed by atoms with Crippen LogP contribution in [0.25, 0.3) is 0 Å². The third-order valence-corrected chi connectivity index (χ3v) is 5.25. The van der Waals surface area contributed by atoms with Crippen LogP contribution in [0.5, 0.6) is 0 Å². The standard InChI is InChI=1S/C16H26N4O4S/c1-13-11-15(18-5-4-8-24-3)19-16(14(13)12-17)20(2)6-9-25(22,23)10-7-21/h11,21H,4-10H2,1-3H3,(H,18,19). The van der Waals surface area contributed by atoms with Crippen LogP contribution in [0, 0.1) is 18.3 Å². The van der Waals surface area contributed by atoms with Gasteiger partial charge in [-0.25, -0.2) is 13.4 Å². The molecule has 0 bridgehead atoms. The molecule has 2 N–H and O–H groups in total. The molecule has 0 aliphatic rings. The maximum Gasteiger partial charge on any atom is 0.154 e. The zero-order valence-corrected chi connectivity index (χ0v) is 15.8. The van der Waals surface area contributed by atoms with Crippen LogP contribution in [0.15, 0.2) is 6.07 Å². The van der Waals surface area contributed by atoms with Gasteiger partial charge in [0.25, 0.3) is 0 Å². The summed E-state index contributed by atoms with van der Waals surface area (Å²) in [6.07, 6.45) is 0.821. The van der Waals surface area contributed by atoms with E-state index in [1.807, 2.05) is 6.92 Å². The van der Waals surface area contributed by atoms with E-state index in [1.54, 1.807) is 25.1 Å². The van der Waals surface area contributed by atoms with Crippen LogP contribution in [-0.4, -0.2) is 70.5 Å². The molecule has 0 spiro atoms. The van der Waals surface area contributed by atoms with E-state index in [4.69, 9.17) is 9.84 Å². The minimum Gasteiger partial charge on any atom is -0.395 e. The number of aliphatic hydroxyl groups is 1. The van der Waals surface area contributed by atoms with E-state index in [1.165, 1.54) is 0 Å². The Balaban J connectivity index is 2.91. The van der Waals surface area contributed by atoms with Gasteiger partial charge in [-0.1, -0.05) is 0 Å². The van der Waals surface area contributed by atoms with Crippen molar-refractivity contribution in [3.63, 3.8) is 0 Å². The number of sulfone groups is 1. The van der Waals surface area contributed by atoms with E-state index in [2.05, 4.69) is 16.4 Å². The number of anilines is 2. The first-order valence-corrected chi connectivity index (χ1v) is 9.83. The van der Waals surface area contributed by atoms with Gasteiger partial charge in [-0.3, -0.25) is 0 Å². The van der Waals surface area contributed by atoms with Crippen molar-refractivity contribution in [2.24, 2.45) is 0 Å². The summed E-state index contributed by atoms with van der Waals surface area (Å²) in [6.45, 7) is 2.93. The van der Waals surface area contributed by atoms with Crippen molar-refractivity contribution < 1.29 is 18.3 Å². The molecule has 140 valence electrons. The van der Waals surface area contributed by atoms with Gasteiger partial charge < -0.3 is 20.1 Å². The first kappa shape index (κ1) is 21.2. The van der Waals surface area contributed by atoms with Crippen LogP contribution >= 0.6 is 0 Å². The number of aliphatic hydroxyl groups excluding tert-OH is 1. The number of nitrogens with zero attached hydrogens (tertiary/aromatic N) is 3. The Morgan fingerprint density at radius 1 is 1.44 bits per heavy atom. The molecular weight excluding hydrogens is 344 g/mol. The second-order valence-corrected chi connectivity index (χ2v) is 8.01. The van der Waals surface area contributed by atoms with Gasteiger partial charge in [-0.05, 0) is 25.0 Å². The number of hydrogen-bond acceptors (Lipinski definition) is 8. The normalized spacial score (nSPS) is 11.2. The van der Waals surface area contributed by atoms with Crippen LogP contribution in [0.2, 0.25) is 0 Å². The number of hydrogen-bond donors (Lipinski definition) is 2. The average molecular weight is 370 g/mol. The predicted octanol–water partition coefficient (Wildman–Crippen LogP) is 0.553. The van der Waals surface area contributed by atoms with Gasteiger partial charge in [-0.2, -0.15) is 5.26 Å². The molecular formula is C16H26N4O4S. The van der Waals surface area contributed by atoms with Gasteiger partial charge in [-0.15, -0.1) is 0 Å². The highest BCUT2D eigenvalue weighted by Gasteiger charge is 2.17. The zero-order valence-electron chi connectivity index (χ0n) is 14.9. The first-order valence-electron chi connectivity index (χ1n) is 8.01. The molecule has 1 aromatic heterocycles. The van der Waals surface area contributed by atoms with Crippen molar-refractivity contribution in [1.82, 2.24) is 4.98 Å². The Kier molecular flexibility index (Phi) is 8.61. The van der Waals surface area contributed by atoms with E-state index in [-0.39, 0.29) is 18.1 Å². The number of nitriles is 1. The highest BCUT2D eigenvalue weighted by molar-refractivity contribution is 7.91. The van der Waals surface area contributed by atoms with Crippen LogP contribution in [0.4, 0.5) is 11.6 Å². The molecule has 0 amide bonds. The molecule has 0 atom stereocenters. The molecule has 1 heterocycles. The van der Waals surface area contributed by atoms with Gasteiger partial charge in [0.2, 0.25) is 0 Å². The van der Waals surface area contributed by atoms with Crippen LogP contribution in [0.1, 0.15) is 17.5 Å². The van der Waals surface area contributed by atoms with E-state index in [0.29, 0.717) is 30.4 Å². The second-order valence-electron chi connectivity index (χ2n) is 5.70. The van der Waals surface area contributed by atoms with E-state index >= 15 is 0 Å². The summed E-state index contributed by atoms with van der Waals surface area (Å²) in [5.41, 5.74) is 1.19. The summed E-state index contributed by atoms with van der Waals surface area (Å²) in [5, 5.41) is 21.4. The lowest BCUT2D eigenvalue weighted by atomic mass is 10.1. The molecule has 1 aromatic rings. The van der Waals surface area contributed by atoms with Crippen molar-refractivity contribution in [3.8, 4) is 6.07 Å². The molecule has 0 aliphatic carbocycles. The SMILES string of the molecule is COCCCNc1cc(C)c(C#N)c(N(C)CCS(=O)(=O)CCO)n1. The zero-order chi connectivity index (χ0) is 18.9. The minimum atomic E-state index is -3.33. The molecule has 1 rings (SSSR count). The molecule has 0 aliphatic heterocycles. The minimum absolute atomic E-state index is 0.110. The van der Waals surface area contributed by atoms with Crippen molar-refractivity contribution in [2.75, 3.05) is 62.2 Å². The monoisotopic (exact) mass is 370 g/mol. The summed E-state index contributed by atoms with van der Waals surface area (Å²) in [4.78, 5) is 6.11. The van der Waals surface area contributed by atoms with E-state index in [9.17, 15) is 13.7 Å². The fourth-order valence-electron chi connectivity index (χ4n) is 2.22. The van der Waals surface area contributed by atoms with Crippen molar-refractivity contribution in [2.45, 2.75) is 13.3 Å². The molecule has 9 heteroatoms. The van der Waals surface area contributed by atoms with Gasteiger partial charge >= 0.3 is 0 Å². The largest absolute Gasteiger partial charge is 0.395 e. The lowest BCUT2D eigenvalue weighted by Crippen LogP contribution is -2.29. The Hall–Kier alpha value is -1.89. The Bertz CT molecular complexity index is 701. The summed E-state index contributed by atoms with van der Waals surface area (Å²) in [7, 11) is 0.0142.